The highest BCUT2D eigenvalue weighted by atomic mass is 28.4. The van der Waals surface area contributed by atoms with Gasteiger partial charge in [-0.1, -0.05) is 84.0 Å². The Labute approximate surface area is 265 Å². The lowest BCUT2D eigenvalue weighted by Gasteiger charge is -2.43. The van der Waals surface area contributed by atoms with E-state index in [2.05, 4.69) is 41.5 Å². The van der Waals surface area contributed by atoms with E-state index < -0.39 is 25.8 Å². The summed E-state index contributed by atoms with van der Waals surface area (Å²) in [5.74, 6) is -0.0464. The lowest BCUT2D eigenvalue weighted by atomic mass is 10.0. The van der Waals surface area contributed by atoms with Crippen molar-refractivity contribution in [3.63, 3.8) is 0 Å². The van der Waals surface area contributed by atoms with Gasteiger partial charge in [-0.15, -0.1) is 0 Å². The first-order valence-electron chi connectivity index (χ1n) is 15.7. The third-order valence-electron chi connectivity index (χ3n) is 9.03. The Kier molecular flexibility index (Phi) is 9.60. The molecule has 0 saturated carbocycles. The molecule has 0 spiro atoms. The topological polar surface area (TPSA) is 79.7 Å². The van der Waals surface area contributed by atoms with Crippen LogP contribution in [0.25, 0.3) is 11.0 Å². The van der Waals surface area contributed by atoms with Crippen molar-refractivity contribution < 1.29 is 23.1 Å². The summed E-state index contributed by atoms with van der Waals surface area (Å²) in [5, 5.41) is 0. The molecular weight excluding hydrogens is 587 g/mol. The van der Waals surface area contributed by atoms with Gasteiger partial charge in [0.15, 0.2) is 17.3 Å². The van der Waals surface area contributed by atoms with E-state index in [4.69, 9.17) is 18.9 Å². The van der Waals surface area contributed by atoms with Gasteiger partial charge in [-0.2, -0.15) is 0 Å². The summed E-state index contributed by atoms with van der Waals surface area (Å²) in [6.45, 7) is 15.5. The Balaban J connectivity index is 1.63. The zero-order valence-electron chi connectivity index (χ0n) is 27.2. The molecule has 0 N–H and O–H groups in total. The Hall–Kier alpha value is -3.82. The second-order valence-corrected chi connectivity index (χ2v) is 18.4. The standard InChI is InChI=1S/C36H43FN2O5Si/c1-22(2)45(23(3)4,24(5)6)43-21-30-19-39-33-32(38-18-28(34(33)44-30)17-26-13-15-29(37)16-14-26)35(31(25(7)40)36(39)41)42-20-27-11-9-8-10-12-27/h8-16,18,22-24,30H,17,19-21H2,1-7H3/t30-/m1/s1. The number of halogens is 1. The van der Waals surface area contributed by atoms with Crippen molar-refractivity contribution in [2.75, 3.05) is 6.61 Å². The number of nitrogens with zero attached hydrogens (tertiary/aromatic N) is 2. The van der Waals surface area contributed by atoms with Crippen LogP contribution in [0.3, 0.4) is 0 Å². The summed E-state index contributed by atoms with van der Waals surface area (Å²) in [4.78, 5) is 31.9. The van der Waals surface area contributed by atoms with Crippen molar-refractivity contribution in [3.05, 3.63) is 99.2 Å². The van der Waals surface area contributed by atoms with E-state index in [0.717, 1.165) is 16.7 Å². The van der Waals surface area contributed by atoms with Crippen molar-refractivity contribution in [2.24, 2.45) is 0 Å². The molecule has 0 saturated heterocycles. The predicted octanol–water partition coefficient (Wildman–Crippen LogP) is 7.86. The van der Waals surface area contributed by atoms with Crippen LogP contribution >= 0.6 is 0 Å². The third-order valence-corrected chi connectivity index (χ3v) is 15.1. The highest BCUT2D eigenvalue weighted by Gasteiger charge is 2.46. The van der Waals surface area contributed by atoms with Gasteiger partial charge in [0.25, 0.3) is 5.56 Å². The zero-order chi connectivity index (χ0) is 32.5. The zero-order valence-corrected chi connectivity index (χ0v) is 28.2. The second kappa shape index (κ2) is 13.3. The number of carbonyl (C=O) groups is 1. The van der Waals surface area contributed by atoms with Gasteiger partial charge in [-0.25, -0.2) is 4.39 Å². The van der Waals surface area contributed by atoms with Crippen LogP contribution in [0, 0.1) is 5.82 Å². The molecule has 238 valence electrons. The first-order valence-corrected chi connectivity index (χ1v) is 17.9. The molecule has 7 nitrogen and oxygen atoms in total. The third kappa shape index (κ3) is 6.33. The summed E-state index contributed by atoms with van der Waals surface area (Å²) in [7, 11) is -2.23. The molecule has 0 amide bonds. The van der Waals surface area contributed by atoms with Crippen molar-refractivity contribution in [1.82, 2.24) is 9.55 Å². The van der Waals surface area contributed by atoms with Crippen LogP contribution in [0.2, 0.25) is 16.6 Å². The fourth-order valence-electron chi connectivity index (χ4n) is 7.06. The highest BCUT2D eigenvalue weighted by Crippen LogP contribution is 2.43. The van der Waals surface area contributed by atoms with Gasteiger partial charge in [-0.05, 0) is 46.8 Å². The minimum Gasteiger partial charge on any atom is -0.486 e. The first kappa shape index (κ1) is 32.6. The number of pyridine rings is 2. The summed E-state index contributed by atoms with van der Waals surface area (Å²) in [5.41, 5.74) is 4.07. The number of carbonyl (C=O) groups excluding carboxylic acids is 1. The van der Waals surface area contributed by atoms with Crippen molar-refractivity contribution in [3.8, 4) is 11.5 Å². The van der Waals surface area contributed by atoms with Gasteiger partial charge in [0, 0.05) is 18.2 Å². The van der Waals surface area contributed by atoms with Gasteiger partial charge in [0.05, 0.1) is 13.2 Å². The molecule has 4 aromatic rings. The minimum atomic E-state index is -2.23. The lowest BCUT2D eigenvalue weighted by molar-refractivity contribution is 0.0942. The van der Waals surface area contributed by atoms with Gasteiger partial charge in [0.1, 0.15) is 35.1 Å². The average molecular weight is 631 g/mol. The van der Waals surface area contributed by atoms with E-state index in [1.165, 1.54) is 19.1 Å². The number of aromatic nitrogens is 2. The first-order chi connectivity index (χ1) is 21.4. The monoisotopic (exact) mass is 630 g/mol. The Morgan fingerprint density at radius 1 is 1.00 bits per heavy atom. The van der Waals surface area contributed by atoms with Crippen LogP contribution < -0.4 is 15.0 Å². The molecule has 3 heterocycles. The molecule has 2 aromatic carbocycles. The SMILES string of the molecule is CC(=O)c1c(OCc2ccccc2)c2ncc(Cc3ccc(F)cc3)c3c2n(c1=O)C[C@H](CO[Si](C(C)C)(C(C)C)C(C)C)O3. The molecule has 0 radical (unpaired) electrons. The fraction of sp³-hybridized carbons (Fsp3) is 0.417. The summed E-state index contributed by atoms with van der Waals surface area (Å²) >= 11 is 0. The van der Waals surface area contributed by atoms with Crippen LogP contribution in [0.1, 0.15) is 75.5 Å². The fourth-order valence-corrected chi connectivity index (χ4v) is 12.5. The molecular formula is C36H43FN2O5Si. The van der Waals surface area contributed by atoms with Crippen molar-refractivity contribution in [2.45, 2.75) is 90.8 Å². The van der Waals surface area contributed by atoms with Crippen LogP contribution in [0.5, 0.6) is 11.5 Å². The Bertz CT molecular complexity index is 1710. The van der Waals surface area contributed by atoms with Gasteiger partial charge < -0.3 is 13.9 Å². The maximum absolute atomic E-state index is 14.2. The summed E-state index contributed by atoms with van der Waals surface area (Å²) in [6, 6.07) is 15.9. The average Bonchev–Trinajstić information content (AvgIpc) is 3.00. The number of rotatable bonds is 12. The normalized spacial score (nSPS) is 14.8. The van der Waals surface area contributed by atoms with Gasteiger partial charge in [-0.3, -0.25) is 19.1 Å². The van der Waals surface area contributed by atoms with E-state index in [-0.39, 0.29) is 30.3 Å². The number of hydrogen-bond donors (Lipinski definition) is 0. The molecule has 2 aromatic heterocycles. The minimum absolute atomic E-state index is 0.0278. The van der Waals surface area contributed by atoms with E-state index in [0.29, 0.717) is 46.4 Å². The van der Waals surface area contributed by atoms with Crippen LogP contribution in [0.4, 0.5) is 4.39 Å². The molecule has 1 atom stereocenters. The van der Waals surface area contributed by atoms with Crippen molar-refractivity contribution >= 4 is 25.1 Å². The number of ketones is 1. The molecule has 1 aliphatic heterocycles. The van der Waals surface area contributed by atoms with Crippen LogP contribution in [-0.2, 0) is 24.0 Å². The number of Topliss-reactive ketones (excluding diaryl/α,β-unsaturated/α-hetero) is 1. The van der Waals surface area contributed by atoms with Gasteiger partial charge in [0.2, 0.25) is 8.32 Å². The molecule has 45 heavy (non-hydrogen) atoms. The van der Waals surface area contributed by atoms with E-state index in [1.807, 2.05) is 30.3 Å². The smallest absolute Gasteiger partial charge is 0.266 e. The van der Waals surface area contributed by atoms with Crippen LogP contribution in [0.15, 0.2) is 65.6 Å². The predicted molar refractivity (Wildman–Crippen MR) is 177 cm³/mol. The lowest BCUT2D eigenvalue weighted by Crippen LogP contribution is -2.50. The molecule has 0 aliphatic carbocycles. The Morgan fingerprint density at radius 2 is 1.64 bits per heavy atom. The van der Waals surface area contributed by atoms with Crippen molar-refractivity contribution in [1.29, 1.82) is 0 Å². The maximum atomic E-state index is 14.2. The van der Waals surface area contributed by atoms with E-state index in [9.17, 15) is 14.0 Å². The highest BCUT2D eigenvalue weighted by molar-refractivity contribution is 6.77. The van der Waals surface area contributed by atoms with Crippen LogP contribution in [-0.4, -0.2) is 36.4 Å². The number of ether oxygens (including phenoxy) is 2. The molecule has 1 aliphatic rings. The molecule has 5 rings (SSSR count). The number of hydrogen-bond acceptors (Lipinski definition) is 6. The quantitative estimate of drug-likeness (QED) is 0.117. The summed E-state index contributed by atoms with van der Waals surface area (Å²) in [6.07, 6.45) is 1.65. The summed E-state index contributed by atoms with van der Waals surface area (Å²) < 4.78 is 35.2. The van der Waals surface area contributed by atoms with Gasteiger partial charge >= 0.3 is 0 Å². The van der Waals surface area contributed by atoms with E-state index >= 15 is 0 Å². The second-order valence-electron chi connectivity index (χ2n) is 12.9. The molecule has 0 fully saturated rings. The molecule has 0 bridgehead atoms. The largest absolute Gasteiger partial charge is 0.486 e. The number of benzene rings is 2. The molecule has 0 unspecified atom stereocenters. The van der Waals surface area contributed by atoms with E-state index in [1.54, 1.807) is 22.9 Å². The molecule has 9 heteroatoms. The Morgan fingerprint density at radius 3 is 2.24 bits per heavy atom. The maximum Gasteiger partial charge on any atom is 0.266 e.